The van der Waals surface area contributed by atoms with Crippen LogP contribution in [0, 0.1) is 6.92 Å². The second-order valence-corrected chi connectivity index (χ2v) is 3.53. The van der Waals surface area contributed by atoms with Gasteiger partial charge in [-0.3, -0.25) is 0 Å². The number of nitrogens with one attached hydrogen (secondary N) is 1. The quantitative estimate of drug-likeness (QED) is 0.816. The minimum atomic E-state index is 0.337. The standard InChI is InChI=1S/C9H12BrNO/c1-6-3-4-7(5-11-2)9(12)8(6)10/h3-4,11-12H,5H2,1-2H3. The first-order valence-corrected chi connectivity index (χ1v) is 4.57. The predicted molar refractivity (Wildman–Crippen MR) is 53.3 cm³/mol. The van der Waals surface area contributed by atoms with Gasteiger partial charge in [-0.05, 0) is 35.5 Å². The minimum Gasteiger partial charge on any atom is -0.506 e. The molecule has 0 aliphatic carbocycles. The first kappa shape index (κ1) is 9.55. The highest BCUT2D eigenvalue weighted by Gasteiger charge is 2.05. The van der Waals surface area contributed by atoms with Crippen molar-refractivity contribution in [3.8, 4) is 5.75 Å². The van der Waals surface area contributed by atoms with Gasteiger partial charge in [0.25, 0.3) is 0 Å². The Hall–Kier alpha value is -0.540. The van der Waals surface area contributed by atoms with E-state index in [-0.39, 0.29) is 0 Å². The highest BCUT2D eigenvalue weighted by molar-refractivity contribution is 9.10. The normalized spacial score (nSPS) is 10.2. The van der Waals surface area contributed by atoms with Crippen molar-refractivity contribution in [1.29, 1.82) is 0 Å². The molecule has 0 saturated carbocycles. The molecule has 0 aliphatic rings. The summed E-state index contributed by atoms with van der Waals surface area (Å²) >= 11 is 3.32. The average molecular weight is 230 g/mol. The number of phenols is 1. The SMILES string of the molecule is CNCc1ccc(C)c(Br)c1O. The van der Waals surface area contributed by atoms with E-state index in [1.165, 1.54) is 0 Å². The zero-order valence-electron chi connectivity index (χ0n) is 7.19. The summed E-state index contributed by atoms with van der Waals surface area (Å²) in [4.78, 5) is 0. The summed E-state index contributed by atoms with van der Waals surface area (Å²) < 4.78 is 0.787. The molecule has 0 atom stereocenters. The maximum Gasteiger partial charge on any atom is 0.134 e. The zero-order chi connectivity index (χ0) is 9.14. The molecule has 0 fully saturated rings. The lowest BCUT2D eigenvalue weighted by Crippen LogP contribution is -2.05. The minimum absolute atomic E-state index is 0.337. The molecule has 12 heavy (non-hydrogen) atoms. The van der Waals surface area contributed by atoms with Crippen molar-refractivity contribution >= 4 is 15.9 Å². The summed E-state index contributed by atoms with van der Waals surface area (Å²) in [5.74, 6) is 0.337. The summed E-state index contributed by atoms with van der Waals surface area (Å²) in [6.45, 7) is 2.64. The molecular weight excluding hydrogens is 218 g/mol. The van der Waals surface area contributed by atoms with Gasteiger partial charge in [-0.15, -0.1) is 0 Å². The number of aromatic hydroxyl groups is 1. The van der Waals surface area contributed by atoms with Crippen LogP contribution >= 0.6 is 15.9 Å². The molecule has 0 spiro atoms. The molecule has 1 aromatic rings. The van der Waals surface area contributed by atoms with Crippen LogP contribution in [0.15, 0.2) is 16.6 Å². The van der Waals surface area contributed by atoms with Gasteiger partial charge in [0.1, 0.15) is 5.75 Å². The second-order valence-electron chi connectivity index (χ2n) is 2.73. The van der Waals surface area contributed by atoms with Crippen molar-refractivity contribution in [1.82, 2.24) is 5.32 Å². The zero-order valence-corrected chi connectivity index (χ0v) is 8.77. The lowest BCUT2D eigenvalue weighted by molar-refractivity contribution is 0.462. The summed E-state index contributed by atoms with van der Waals surface area (Å²) in [7, 11) is 1.85. The second kappa shape index (κ2) is 3.92. The lowest BCUT2D eigenvalue weighted by atomic mass is 10.1. The molecule has 0 unspecified atom stereocenters. The third-order valence-electron chi connectivity index (χ3n) is 1.76. The van der Waals surface area contributed by atoms with E-state index in [0.29, 0.717) is 12.3 Å². The highest BCUT2D eigenvalue weighted by atomic mass is 79.9. The Morgan fingerprint density at radius 1 is 1.50 bits per heavy atom. The van der Waals surface area contributed by atoms with E-state index in [0.717, 1.165) is 15.6 Å². The molecule has 66 valence electrons. The van der Waals surface area contributed by atoms with Gasteiger partial charge in [0.2, 0.25) is 0 Å². The molecule has 0 saturated heterocycles. The monoisotopic (exact) mass is 229 g/mol. The smallest absolute Gasteiger partial charge is 0.134 e. The number of halogens is 1. The maximum atomic E-state index is 9.62. The van der Waals surface area contributed by atoms with Crippen LogP contribution in [-0.2, 0) is 6.54 Å². The first-order chi connectivity index (χ1) is 5.66. The fraction of sp³-hybridized carbons (Fsp3) is 0.333. The van der Waals surface area contributed by atoms with E-state index >= 15 is 0 Å². The maximum absolute atomic E-state index is 9.62. The lowest BCUT2D eigenvalue weighted by Gasteiger charge is -2.07. The van der Waals surface area contributed by atoms with Gasteiger partial charge in [-0.25, -0.2) is 0 Å². The van der Waals surface area contributed by atoms with Gasteiger partial charge in [-0.2, -0.15) is 0 Å². The topological polar surface area (TPSA) is 32.3 Å². The van der Waals surface area contributed by atoms with E-state index in [1.807, 2.05) is 26.1 Å². The summed E-state index contributed by atoms with van der Waals surface area (Å²) in [6.07, 6.45) is 0. The van der Waals surface area contributed by atoms with Gasteiger partial charge < -0.3 is 10.4 Å². The van der Waals surface area contributed by atoms with Crippen LogP contribution in [0.4, 0.5) is 0 Å². The van der Waals surface area contributed by atoms with Crippen molar-refractivity contribution in [3.05, 3.63) is 27.7 Å². The molecule has 0 bridgehead atoms. The Bertz CT molecular complexity index is 286. The van der Waals surface area contributed by atoms with Crippen molar-refractivity contribution in [3.63, 3.8) is 0 Å². The van der Waals surface area contributed by atoms with E-state index in [9.17, 15) is 5.11 Å². The first-order valence-electron chi connectivity index (χ1n) is 3.78. The highest BCUT2D eigenvalue weighted by Crippen LogP contribution is 2.30. The number of rotatable bonds is 2. The Morgan fingerprint density at radius 2 is 2.17 bits per heavy atom. The van der Waals surface area contributed by atoms with Crippen molar-refractivity contribution < 1.29 is 5.11 Å². The molecule has 1 rings (SSSR count). The molecule has 0 amide bonds. The summed E-state index contributed by atoms with van der Waals surface area (Å²) in [6, 6.07) is 3.91. The number of aryl methyl sites for hydroxylation is 1. The average Bonchev–Trinajstić information content (AvgIpc) is 2.07. The van der Waals surface area contributed by atoms with Gasteiger partial charge >= 0.3 is 0 Å². The Kier molecular flexibility index (Phi) is 3.12. The Morgan fingerprint density at radius 3 is 2.75 bits per heavy atom. The van der Waals surface area contributed by atoms with Crippen molar-refractivity contribution in [2.24, 2.45) is 0 Å². The van der Waals surface area contributed by atoms with E-state index < -0.39 is 0 Å². The van der Waals surface area contributed by atoms with E-state index in [1.54, 1.807) is 0 Å². The van der Waals surface area contributed by atoms with Crippen molar-refractivity contribution in [2.75, 3.05) is 7.05 Å². The third kappa shape index (κ3) is 1.79. The molecule has 2 N–H and O–H groups in total. The summed E-state index contributed by atoms with van der Waals surface area (Å²) in [5.41, 5.74) is 1.96. The number of hydrogen-bond donors (Lipinski definition) is 2. The van der Waals surface area contributed by atoms with Crippen LogP contribution in [0.1, 0.15) is 11.1 Å². The molecule has 0 heterocycles. The van der Waals surface area contributed by atoms with E-state index in [2.05, 4.69) is 21.2 Å². The van der Waals surface area contributed by atoms with Crippen LogP contribution in [-0.4, -0.2) is 12.2 Å². The van der Waals surface area contributed by atoms with Gasteiger partial charge in [0.05, 0.1) is 4.47 Å². The Labute approximate surface area is 80.7 Å². The summed E-state index contributed by atoms with van der Waals surface area (Å²) in [5, 5.41) is 12.6. The fourth-order valence-electron chi connectivity index (χ4n) is 1.04. The molecular formula is C9H12BrNO. The number of hydrogen-bond acceptors (Lipinski definition) is 2. The van der Waals surface area contributed by atoms with Gasteiger partial charge in [0.15, 0.2) is 0 Å². The largest absolute Gasteiger partial charge is 0.506 e. The van der Waals surface area contributed by atoms with Gasteiger partial charge in [-0.1, -0.05) is 12.1 Å². The van der Waals surface area contributed by atoms with Crippen LogP contribution in [0.5, 0.6) is 5.75 Å². The molecule has 0 aromatic heterocycles. The number of benzene rings is 1. The van der Waals surface area contributed by atoms with Crippen LogP contribution in [0.2, 0.25) is 0 Å². The van der Waals surface area contributed by atoms with E-state index in [4.69, 9.17) is 0 Å². The van der Waals surface area contributed by atoms with Crippen molar-refractivity contribution in [2.45, 2.75) is 13.5 Å². The van der Waals surface area contributed by atoms with Gasteiger partial charge in [0, 0.05) is 12.1 Å². The third-order valence-corrected chi connectivity index (χ3v) is 2.76. The molecule has 3 heteroatoms. The van der Waals surface area contributed by atoms with Crippen LogP contribution < -0.4 is 5.32 Å². The van der Waals surface area contributed by atoms with Crippen LogP contribution in [0.3, 0.4) is 0 Å². The number of phenolic OH excluding ortho intramolecular Hbond substituents is 1. The van der Waals surface area contributed by atoms with Crippen LogP contribution in [0.25, 0.3) is 0 Å². The predicted octanol–water partition coefficient (Wildman–Crippen LogP) is 2.18. The molecule has 0 aliphatic heterocycles. The fourth-order valence-corrected chi connectivity index (χ4v) is 1.43. The molecule has 2 nitrogen and oxygen atoms in total. The molecule has 1 aromatic carbocycles. The Balaban J connectivity index is 3.08. The molecule has 0 radical (unpaired) electrons.